The van der Waals surface area contributed by atoms with Crippen LogP contribution in [0.4, 0.5) is 0 Å². The predicted molar refractivity (Wildman–Crippen MR) is 93.3 cm³/mol. The van der Waals surface area contributed by atoms with Gasteiger partial charge in [0.05, 0.1) is 19.0 Å². The molecule has 4 aromatic rings. The Balaban J connectivity index is 1.77. The van der Waals surface area contributed by atoms with Crippen molar-refractivity contribution in [1.29, 1.82) is 0 Å². The Morgan fingerprint density at radius 3 is 2.39 bits per heavy atom. The minimum absolute atomic E-state index is 0.715. The molecule has 2 aromatic carbocycles. The number of hydrogen-bond donors (Lipinski definition) is 0. The Hall–Kier alpha value is -2.37. The van der Waals surface area contributed by atoms with E-state index in [4.69, 9.17) is 21.4 Å². The van der Waals surface area contributed by atoms with Gasteiger partial charge in [0.25, 0.3) is 0 Å². The summed E-state index contributed by atoms with van der Waals surface area (Å²) >= 11 is 7.51. The van der Waals surface area contributed by atoms with Crippen LogP contribution in [0, 0.1) is 0 Å². The minimum Gasteiger partial charge on any atom is -0.497 e. The number of nitrogens with zero attached hydrogens (tertiary/aromatic N) is 3. The molecule has 0 spiro atoms. The van der Waals surface area contributed by atoms with Gasteiger partial charge in [0, 0.05) is 16.1 Å². The molecule has 0 N–H and O–H groups in total. The summed E-state index contributed by atoms with van der Waals surface area (Å²) in [6.45, 7) is 0. The second-order valence-electron chi connectivity index (χ2n) is 4.98. The summed E-state index contributed by atoms with van der Waals surface area (Å²) in [5, 5.41) is 6.33. The third-order valence-corrected chi connectivity index (χ3v) is 4.79. The van der Waals surface area contributed by atoms with Crippen molar-refractivity contribution in [3.8, 4) is 27.6 Å². The number of benzene rings is 2. The van der Waals surface area contributed by atoms with Crippen molar-refractivity contribution in [3.05, 3.63) is 59.8 Å². The Morgan fingerprint density at radius 2 is 1.70 bits per heavy atom. The van der Waals surface area contributed by atoms with E-state index in [2.05, 4.69) is 4.98 Å². The molecule has 0 saturated heterocycles. The van der Waals surface area contributed by atoms with Crippen molar-refractivity contribution in [1.82, 2.24) is 14.6 Å². The topological polar surface area (TPSA) is 39.4 Å². The van der Waals surface area contributed by atoms with E-state index in [1.165, 1.54) is 0 Å². The van der Waals surface area contributed by atoms with E-state index in [-0.39, 0.29) is 0 Å². The minimum atomic E-state index is 0.715. The second-order valence-corrected chi connectivity index (χ2v) is 6.37. The maximum atomic E-state index is 5.95. The summed E-state index contributed by atoms with van der Waals surface area (Å²) in [4.78, 5) is 5.32. The molecule has 0 aliphatic carbocycles. The molecule has 0 saturated carbocycles. The molecule has 4 nitrogen and oxygen atoms in total. The zero-order valence-electron chi connectivity index (χ0n) is 12.2. The fraction of sp³-hybridized carbons (Fsp3) is 0.0588. The van der Waals surface area contributed by atoms with Gasteiger partial charge in [-0.15, -0.1) is 0 Å². The molecule has 0 amide bonds. The van der Waals surface area contributed by atoms with Crippen molar-refractivity contribution < 1.29 is 4.74 Å². The van der Waals surface area contributed by atoms with Crippen LogP contribution in [-0.4, -0.2) is 21.7 Å². The summed E-state index contributed by atoms with van der Waals surface area (Å²) in [5.74, 6) is 0.830. The van der Waals surface area contributed by atoms with Crippen molar-refractivity contribution in [2.75, 3.05) is 7.11 Å². The van der Waals surface area contributed by atoms with E-state index in [0.29, 0.717) is 5.02 Å². The van der Waals surface area contributed by atoms with Crippen LogP contribution in [0.1, 0.15) is 0 Å². The lowest BCUT2D eigenvalue weighted by Crippen LogP contribution is -1.89. The molecule has 23 heavy (non-hydrogen) atoms. The van der Waals surface area contributed by atoms with Crippen LogP contribution >= 0.6 is 22.9 Å². The van der Waals surface area contributed by atoms with E-state index >= 15 is 0 Å². The lowest BCUT2D eigenvalue weighted by molar-refractivity contribution is 0.415. The zero-order chi connectivity index (χ0) is 15.8. The summed E-state index contributed by atoms with van der Waals surface area (Å²) in [6.07, 6.45) is 1.83. The summed E-state index contributed by atoms with van der Waals surface area (Å²) in [6, 6.07) is 15.5. The highest BCUT2D eigenvalue weighted by molar-refractivity contribution is 7.19. The molecule has 4 rings (SSSR count). The van der Waals surface area contributed by atoms with Crippen LogP contribution in [0.2, 0.25) is 5.02 Å². The van der Waals surface area contributed by atoms with Crippen LogP contribution in [0.3, 0.4) is 0 Å². The van der Waals surface area contributed by atoms with Gasteiger partial charge in [-0.25, -0.2) is 9.50 Å². The second kappa shape index (κ2) is 5.68. The molecule has 0 aliphatic heterocycles. The average Bonchev–Trinajstić information content (AvgIpc) is 3.16. The fourth-order valence-corrected chi connectivity index (χ4v) is 3.37. The number of halogens is 1. The molecule has 114 valence electrons. The normalized spacial score (nSPS) is 11.0. The van der Waals surface area contributed by atoms with Gasteiger partial charge in [-0.1, -0.05) is 35.1 Å². The first-order valence-corrected chi connectivity index (χ1v) is 8.19. The number of ether oxygens (including phenoxy) is 1. The Bertz CT molecular complexity index is 958. The zero-order valence-corrected chi connectivity index (χ0v) is 13.8. The average molecular weight is 342 g/mol. The number of hydrogen-bond acceptors (Lipinski definition) is 4. The molecule has 0 atom stereocenters. The SMILES string of the molecule is COc1ccc(-c2nn3c(-c4ccc(Cl)cc4)cnc3s2)cc1. The van der Waals surface area contributed by atoms with Crippen molar-refractivity contribution in [2.45, 2.75) is 0 Å². The first-order chi connectivity index (χ1) is 11.2. The van der Waals surface area contributed by atoms with Crippen LogP contribution in [0.5, 0.6) is 5.75 Å². The molecule has 0 bridgehead atoms. The van der Waals surface area contributed by atoms with Gasteiger partial charge in [-0.05, 0) is 36.4 Å². The lowest BCUT2D eigenvalue weighted by atomic mass is 10.2. The van der Waals surface area contributed by atoms with Crippen molar-refractivity contribution in [3.63, 3.8) is 0 Å². The fourth-order valence-electron chi connectivity index (χ4n) is 2.36. The molecule has 2 heterocycles. The molecule has 6 heteroatoms. The van der Waals surface area contributed by atoms with E-state index in [9.17, 15) is 0 Å². The number of imidazole rings is 1. The van der Waals surface area contributed by atoms with E-state index in [1.807, 2.05) is 59.2 Å². The van der Waals surface area contributed by atoms with Crippen molar-refractivity contribution in [2.24, 2.45) is 0 Å². The summed E-state index contributed by atoms with van der Waals surface area (Å²) < 4.78 is 7.06. The number of methoxy groups -OCH3 is 1. The van der Waals surface area contributed by atoms with Gasteiger partial charge < -0.3 is 4.74 Å². The van der Waals surface area contributed by atoms with Gasteiger partial charge in [0.2, 0.25) is 4.96 Å². The van der Waals surface area contributed by atoms with E-state index in [0.717, 1.165) is 32.5 Å². The predicted octanol–water partition coefficient (Wildman–Crippen LogP) is 4.79. The van der Waals surface area contributed by atoms with Gasteiger partial charge in [-0.3, -0.25) is 0 Å². The van der Waals surface area contributed by atoms with Gasteiger partial charge in [0.15, 0.2) is 0 Å². The van der Waals surface area contributed by atoms with Gasteiger partial charge >= 0.3 is 0 Å². The highest BCUT2D eigenvalue weighted by Gasteiger charge is 2.12. The maximum Gasteiger partial charge on any atom is 0.213 e. The van der Waals surface area contributed by atoms with Gasteiger partial charge in [0.1, 0.15) is 10.8 Å². The lowest BCUT2D eigenvalue weighted by Gasteiger charge is -2.00. The Morgan fingerprint density at radius 1 is 1.00 bits per heavy atom. The molecule has 0 radical (unpaired) electrons. The van der Waals surface area contributed by atoms with Crippen LogP contribution in [-0.2, 0) is 0 Å². The maximum absolute atomic E-state index is 5.95. The molecular weight excluding hydrogens is 330 g/mol. The number of fused-ring (bicyclic) bond motifs is 1. The van der Waals surface area contributed by atoms with Crippen LogP contribution in [0.15, 0.2) is 54.7 Å². The molecule has 0 aliphatic rings. The molecule has 2 aromatic heterocycles. The smallest absolute Gasteiger partial charge is 0.213 e. The van der Waals surface area contributed by atoms with Gasteiger partial charge in [-0.2, -0.15) is 5.10 Å². The first-order valence-electron chi connectivity index (χ1n) is 6.99. The quantitative estimate of drug-likeness (QED) is 0.538. The first kappa shape index (κ1) is 14.2. The third-order valence-electron chi connectivity index (χ3n) is 3.56. The number of rotatable bonds is 3. The molecule has 0 fully saturated rings. The van der Waals surface area contributed by atoms with E-state index in [1.54, 1.807) is 18.4 Å². The van der Waals surface area contributed by atoms with E-state index < -0.39 is 0 Å². The standard InChI is InChI=1S/C17H12ClN3OS/c1-22-14-8-4-12(5-9-14)16-20-21-15(10-19-17(21)23-16)11-2-6-13(18)7-3-11/h2-10H,1H3. The third kappa shape index (κ3) is 2.58. The Kier molecular flexibility index (Phi) is 3.52. The highest BCUT2D eigenvalue weighted by Crippen LogP contribution is 2.30. The monoisotopic (exact) mass is 341 g/mol. The summed E-state index contributed by atoms with van der Waals surface area (Å²) in [7, 11) is 1.66. The van der Waals surface area contributed by atoms with Crippen LogP contribution < -0.4 is 4.74 Å². The number of aromatic nitrogens is 3. The molecular formula is C17H12ClN3OS. The van der Waals surface area contributed by atoms with Crippen LogP contribution in [0.25, 0.3) is 26.8 Å². The molecule has 0 unspecified atom stereocenters. The Labute approximate surface area is 141 Å². The largest absolute Gasteiger partial charge is 0.497 e. The highest BCUT2D eigenvalue weighted by atomic mass is 35.5. The summed E-state index contributed by atoms with van der Waals surface area (Å²) in [5.41, 5.74) is 3.03. The van der Waals surface area contributed by atoms with Crippen molar-refractivity contribution >= 4 is 27.9 Å².